The first kappa shape index (κ1) is 8.06. The Morgan fingerprint density at radius 1 is 1.10 bits per heavy atom. The van der Waals surface area contributed by atoms with Crippen molar-refractivity contribution < 1.29 is 0 Å². The molecule has 0 bridgehead atoms. The molecule has 1 fully saturated rings. The maximum absolute atomic E-state index is 3.48. The number of nitrogens with one attached hydrogen (secondary N) is 1. The Hall–Kier alpha value is -0.0400. The Kier molecular flexibility index (Phi) is 2.35. The van der Waals surface area contributed by atoms with E-state index in [4.69, 9.17) is 0 Å². The largest absolute Gasteiger partial charge is 0.313 e. The van der Waals surface area contributed by atoms with Gasteiger partial charge in [0.2, 0.25) is 0 Å². The van der Waals surface area contributed by atoms with Gasteiger partial charge in [0.05, 0.1) is 0 Å². The predicted octanol–water partition coefficient (Wildman–Crippen LogP) is 1.89. The van der Waals surface area contributed by atoms with Crippen molar-refractivity contribution in [1.82, 2.24) is 5.32 Å². The average Bonchev–Trinajstić information content (AvgIpc) is 1.56. The average molecular weight is 141 g/mol. The van der Waals surface area contributed by atoms with E-state index >= 15 is 0 Å². The summed E-state index contributed by atoms with van der Waals surface area (Å²) < 4.78 is 0. The lowest BCUT2D eigenvalue weighted by molar-refractivity contribution is 0.131. The molecule has 1 aliphatic rings. The standard InChI is InChI=1S/C9H19N/c1-6(2)8-5-10-9(8)7(3)4/h6-10H,5H2,1-4H3/t8-,9+/m0/s1. The van der Waals surface area contributed by atoms with Crippen LogP contribution in [-0.2, 0) is 0 Å². The van der Waals surface area contributed by atoms with Crippen molar-refractivity contribution in [2.75, 3.05) is 6.54 Å². The Labute approximate surface area is 64.2 Å². The van der Waals surface area contributed by atoms with Gasteiger partial charge in [-0.25, -0.2) is 0 Å². The minimum absolute atomic E-state index is 0.792. The lowest BCUT2D eigenvalue weighted by Crippen LogP contribution is -2.57. The van der Waals surface area contributed by atoms with Crippen molar-refractivity contribution in [3.05, 3.63) is 0 Å². The van der Waals surface area contributed by atoms with Crippen LogP contribution in [0.1, 0.15) is 27.7 Å². The number of hydrogen-bond donors (Lipinski definition) is 1. The summed E-state index contributed by atoms with van der Waals surface area (Å²) in [6.07, 6.45) is 0. The van der Waals surface area contributed by atoms with E-state index < -0.39 is 0 Å². The van der Waals surface area contributed by atoms with Crippen LogP contribution in [0.25, 0.3) is 0 Å². The molecule has 0 spiro atoms. The fourth-order valence-electron chi connectivity index (χ4n) is 1.77. The molecule has 1 nitrogen and oxygen atoms in total. The minimum Gasteiger partial charge on any atom is -0.313 e. The van der Waals surface area contributed by atoms with Gasteiger partial charge in [-0.1, -0.05) is 27.7 Å². The highest BCUT2D eigenvalue weighted by Gasteiger charge is 2.34. The van der Waals surface area contributed by atoms with Crippen molar-refractivity contribution >= 4 is 0 Å². The first-order valence-corrected chi connectivity index (χ1v) is 4.36. The van der Waals surface area contributed by atoms with Crippen molar-refractivity contribution in [1.29, 1.82) is 0 Å². The van der Waals surface area contributed by atoms with Gasteiger partial charge in [-0.15, -0.1) is 0 Å². The van der Waals surface area contributed by atoms with Gasteiger partial charge in [0.1, 0.15) is 0 Å². The molecule has 10 heavy (non-hydrogen) atoms. The Balaban J connectivity index is 2.36. The molecule has 0 aromatic heterocycles. The molecule has 60 valence electrons. The van der Waals surface area contributed by atoms with Crippen LogP contribution in [-0.4, -0.2) is 12.6 Å². The van der Waals surface area contributed by atoms with E-state index in [0.29, 0.717) is 0 Å². The second-order valence-electron chi connectivity index (χ2n) is 4.09. The van der Waals surface area contributed by atoms with Crippen LogP contribution in [0.15, 0.2) is 0 Å². The van der Waals surface area contributed by atoms with E-state index in [-0.39, 0.29) is 0 Å². The van der Waals surface area contributed by atoms with Crippen LogP contribution in [0.2, 0.25) is 0 Å². The van der Waals surface area contributed by atoms with Gasteiger partial charge in [-0.05, 0) is 24.3 Å². The summed E-state index contributed by atoms with van der Waals surface area (Å²) in [5.74, 6) is 2.59. The van der Waals surface area contributed by atoms with Crippen molar-refractivity contribution in [3.8, 4) is 0 Å². The van der Waals surface area contributed by atoms with Gasteiger partial charge < -0.3 is 5.32 Å². The molecule has 0 radical (unpaired) electrons. The summed E-state index contributed by atoms with van der Waals surface area (Å²) >= 11 is 0. The first-order valence-electron chi connectivity index (χ1n) is 4.36. The topological polar surface area (TPSA) is 12.0 Å². The van der Waals surface area contributed by atoms with Gasteiger partial charge in [-0.2, -0.15) is 0 Å². The highest BCUT2D eigenvalue weighted by molar-refractivity contribution is 4.91. The Morgan fingerprint density at radius 3 is 1.80 bits per heavy atom. The molecule has 1 heterocycles. The molecule has 1 heteroatoms. The van der Waals surface area contributed by atoms with E-state index in [1.165, 1.54) is 6.54 Å². The van der Waals surface area contributed by atoms with E-state index in [9.17, 15) is 0 Å². The molecule has 0 aromatic rings. The van der Waals surface area contributed by atoms with Crippen molar-refractivity contribution in [2.24, 2.45) is 17.8 Å². The third-order valence-electron chi connectivity index (χ3n) is 2.63. The van der Waals surface area contributed by atoms with Crippen LogP contribution in [0.4, 0.5) is 0 Å². The number of hydrogen-bond acceptors (Lipinski definition) is 1. The molecule has 1 saturated heterocycles. The van der Waals surface area contributed by atoms with E-state index in [0.717, 1.165) is 23.8 Å². The highest BCUT2D eigenvalue weighted by Crippen LogP contribution is 2.26. The zero-order valence-electron chi connectivity index (χ0n) is 7.52. The van der Waals surface area contributed by atoms with Crippen LogP contribution in [0.5, 0.6) is 0 Å². The summed E-state index contributed by atoms with van der Waals surface area (Å²) in [6.45, 7) is 10.5. The summed E-state index contributed by atoms with van der Waals surface area (Å²) in [5, 5.41) is 3.48. The fraction of sp³-hybridized carbons (Fsp3) is 1.00. The van der Waals surface area contributed by atoms with Crippen LogP contribution in [0, 0.1) is 17.8 Å². The SMILES string of the molecule is CC(C)[C@H]1NC[C@H]1C(C)C. The zero-order chi connectivity index (χ0) is 7.72. The summed E-state index contributed by atoms with van der Waals surface area (Å²) in [5.41, 5.74) is 0. The van der Waals surface area contributed by atoms with E-state index in [2.05, 4.69) is 33.0 Å². The molecular weight excluding hydrogens is 122 g/mol. The van der Waals surface area contributed by atoms with Gasteiger partial charge >= 0.3 is 0 Å². The molecule has 0 aromatic carbocycles. The monoisotopic (exact) mass is 141 g/mol. The fourth-order valence-corrected chi connectivity index (χ4v) is 1.77. The van der Waals surface area contributed by atoms with Crippen molar-refractivity contribution in [3.63, 3.8) is 0 Å². The quantitative estimate of drug-likeness (QED) is 0.619. The molecule has 0 unspecified atom stereocenters. The molecular formula is C9H19N. The molecule has 1 N–H and O–H groups in total. The maximum Gasteiger partial charge on any atom is 0.0133 e. The third kappa shape index (κ3) is 1.34. The smallest absolute Gasteiger partial charge is 0.0133 e. The lowest BCUT2D eigenvalue weighted by Gasteiger charge is -2.43. The normalized spacial score (nSPS) is 33.0. The molecule has 0 saturated carbocycles. The molecule has 1 aliphatic heterocycles. The predicted molar refractivity (Wildman–Crippen MR) is 45.0 cm³/mol. The maximum atomic E-state index is 3.48. The van der Waals surface area contributed by atoms with Crippen LogP contribution < -0.4 is 5.32 Å². The second-order valence-corrected chi connectivity index (χ2v) is 4.09. The summed E-state index contributed by atoms with van der Waals surface area (Å²) in [7, 11) is 0. The summed E-state index contributed by atoms with van der Waals surface area (Å²) in [6, 6.07) is 0.792. The van der Waals surface area contributed by atoms with Crippen LogP contribution in [0.3, 0.4) is 0 Å². The van der Waals surface area contributed by atoms with E-state index in [1.807, 2.05) is 0 Å². The summed E-state index contributed by atoms with van der Waals surface area (Å²) in [4.78, 5) is 0. The highest BCUT2D eigenvalue weighted by atomic mass is 15.0. The lowest BCUT2D eigenvalue weighted by atomic mass is 9.77. The second kappa shape index (κ2) is 2.91. The zero-order valence-corrected chi connectivity index (χ0v) is 7.52. The van der Waals surface area contributed by atoms with Crippen molar-refractivity contribution in [2.45, 2.75) is 33.7 Å². The van der Waals surface area contributed by atoms with Crippen LogP contribution >= 0.6 is 0 Å². The molecule has 1 rings (SSSR count). The van der Waals surface area contributed by atoms with Gasteiger partial charge in [0.15, 0.2) is 0 Å². The number of rotatable bonds is 2. The van der Waals surface area contributed by atoms with Gasteiger partial charge in [0.25, 0.3) is 0 Å². The minimum atomic E-state index is 0.792. The Bertz CT molecular complexity index is 93.3. The van der Waals surface area contributed by atoms with Gasteiger partial charge in [-0.3, -0.25) is 0 Å². The van der Waals surface area contributed by atoms with E-state index in [1.54, 1.807) is 0 Å². The first-order chi connectivity index (χ1) is 4.63. The Morgan fingerprint density at radius 2 is 1.70 bits per heavy atom. The molecule has 0 amide bonds. The molecule has 0 aliphatic carbocycles. The van der Waals surface area contributed by atoms with Gasteiger partial charge in [0, 0.05) is 6.04 Å². The molecule has 2 atom stereocenters. The third-order valence-corrected chi connectivity index (χ3v) is 2.63.